The van der Waals surface area contributed by atoms with Crippen LogP contribution in [0.3, 0.4) is 0 Å². The highest BCUT2D eigenvalue weighted by atomic mass is 16.1. The van der Waals surface area contributed by atoms with Gasteiger partial charge in [-0.25, -0.2) is 0 Å². The van der Waals surface area contributed by atoms with Gasteiger partial charge in [-0.2, -0.15) is 0 Å². The van der Waals surface area contributed by atoms with E-state index < -0.39 is 0 Å². The lowest BCUT2D eigenvalue weighted by molar-refractivity contribution is -0.116. The van der Waals surface area contributed by atoms with E-state index >= 15 is 0 Å². The summed E-state index contributed by atoms with van der Waals surface area (Å²) in [5.74, 6) is 0.250. The minimum atomic E-state index is 0.250. The highest BCUT2D eigenvalue weighted by Gasteiger charge is 2.06. The average Bonchev–Trinajstić information content (AvgIpc) is 2.50. The number of rotatable bonds is 3. The summed E-state index contributed by atoms with van der Waals surface area (Å²) in [6, 6.07) is 8.30. The van der Waals surface area contributed by atoms with E-state index in [0.717, 1.165) is 6.42 Å². The van der Waals surface area contributed by atoms with E-state index in [-0.39, 0.29) is 5.78 Å². The van der Waals surface area contributed by atoms with E-state index in [1.165, 1.54) is 16.8 Å². The first-order chi connectivity index (χ1) is 7.18. The molecule has 0 unspecified atom stereocenters. The van der Waals surface area contributed by atoms with E-state index in [9.17, 15) is 4.79 Å². The highest BCUT2D eigenvalue weighted by molar-refractivity contribution is 5.75. The summed E-state index contributed by atoms with van der Waals surface area (Å²) in [6.45, 7) is 3.74. The second-order valence-corrected chi connectivity index (χ2v) is 3.97. The Morgan fingerprint density at radius 2 is 2.20 bits per heavy atom. The Morgan fingerprint density at radius 1 is 1.40 bits per heavy atom. The van der Waals surface area contributed by atoms with Crippen LogP contribution >= 0.6 is 0 Å². The normalized spacial score (nSPS) is 10.8. The summed E-state index contributed by atoms with van der Waals surface area (Å²) in [5.41, 5.74) is 3.72. The number of Topliss-reactive ketones (excluding diaryl/α,β-unsaturated/α-hetero) is 1. The molecule has 2 aromatic rings. The molecule has 0 spiro atoms. The summed E-state index contributed by atoms with van der Waals surface area (Å²) in [5, 5.41) is 0. The lowest BCUT2D eigenvalue weighted by atomic mass is 10.1. The van der Waals surface area contributed by atoms with Crippen molar-refractivity contribution in [2.45, 2.75) is 26.7 Å². The third-order valence-corrected chi connectivity index (χ3v) is 2.72. The number of carbonyl (C=O) groups is 1. The van der Waals surface area contributed by atoms with Gasteiger partial charge in [-0.05, 0) is 44.0 Å². The third kappa shape index (κ3) is 1.94. The van der Waals surface area contributed by atoms with Crippen molar-refractivity contribution in [3.8, 4) is 0 Å². The molecule has 2 heteroatoms. The molecule has 0 bridgehead atoms. The summed E-state index contributed by atoms with van der Waals surface area (Å²) in [6.07, 6.45) is 3.51. The molecule has 0 N–H and O–H groups in total. The van der Waals surface area contributed by atoms with Crippen LogP contribution in [0, 0.1) is 6.92 Å². The number of ketones is 1. The summed E-state index contributed by atoms with van der Waals surface area (Å²) in [4.78, 5) is 11.0. The Bertz CT molecular complexity index is 496. The molecule has 0 amide bonds. The van der Waals surface area contributed by atoms with Gasteiger partial charge in [0.2, 0.25) is 0 Å². The Morgan fingerprint density at radius 3 is 2.93 bits per heavy atom. The number of aromatic nitrogens is 1. The Kier molecular flexibility index (Phi) is 2.58. The fourth-order valence-electron chi connectivity index (χ4n) is 1.93. The molecule has 0 radical (unpaired) electrons. The Hall–Kier alpha value is -1.57. The van der Waals surface area contributed by atoms with Gasteiger partial charge in [-0.3, -0.25) is 0 Å². The van der Waals surface area contributed by atoms with Crippen LogP contribution in [-0.2, 0) is 11.2 Å². The number of hydrogen-bond acceptors (Lipinski definition) is 1. The number of aryl methyl sites for hydroxylation is 2. The molecule has 15 heavy (non-hydrogen) atoms. The first kappa shape index (κ1) is 9.97. The maximum absolute atomic E-state index is 11.0. The van der Waals surface area contributed by atoms with Crippen LogP contribution in [-0.4, -0.2) is 10.2 Å². The minimum Gasteiger partial charge on any atom is -0.321 e. The Balaban J connectivity index is 2.40. The lowest BCUT2D eigenvalue weighted by Crippen LogP contribution is -1.99. The van der Waals surface area contributed by atoms with Gasteiger partial charge in [0.1, 0.15) is 5.78 Å². The summed E-state index contributed by atoms with van der Waals surface area (Å²) in [7, 11) is 0. The molecule has 0 aliphatic heterocycles. The number of pyridine rings is 1. The van der Waals surface area contributed by atoms with Gasteiger partial charge in [0.15, 0.2) is 0 Å². The first-order valence-electron chi connectivity index (χ1n) is 5.23. The van der Waals surface area contributed by atoms with Crippen LogP contribution in [0.1, 0.15) is 24.6 Å². The smallest absolute Gasteiger partial charge is 0.130 e. The largest absolute Gasteiger partial charge is 0.321 e. The number of hydrogen-bond donors (Lipinski definition) is 0. The number of fused-ring (bicyclic) bond motifs is 1. The van der Waals surface area contributed by atoms with Crippen LogP contribution in [0.5, 0.6) is 0 Å². The molecule has 2 rings (SSSR count). The maximum atomic E-state index is 11.0. The van der Waals surface area contributed by atoms with Crippen LogP contribution in [0.15, 0.2) is 30.5 Å². The van der Waals surface area contributed by atoms with Crippen molar-refractivity contribution in [3.05, 3.63) is 41.7 Å². The van der Waals surface area contributed by atoms with Gasteiger partial charge in [0, 0.05) is 23.8 Å². The SMILES string of the molecule is CC(=O)CCc1c(C)cc2ccccn12. The van der Waals surface area contributed by atoms with Crippen molar-refractivity contribution in [3.63, 3.8) is 0 Å². The van der Waals surface area contributed by atoms with Crippen molar-refractivity contribution in [1.82, 2.24) is 4.40 Å². The monoisotopic (exact) mass is 201 g/mol. The molecule has 0 aliphatic rings. The molecule has 0 atom stereocenters. The van der Waals surface area contributed by atoms with E-state index in [1.54, 1.807) is 6.92 Å². The molecular formula is C13H15NO. The number of carbonyl (C=O) groups excluding carboxylic acids is 1. The predicted molar refractivity (Wildman–Crippen MR) is 61.1 cm³/mol. The van der Waals surface area contributed by atoms with Gasteiger partial charge in [0.05, 0.1) is 0 Å². The van der Waals surface area contributed by atoms with Crippen LogP contribution < -0.4 is 0 Å². The average molecular weight is 201 g/mol. The highest BCUT2D eigenvalue weighted by Crippen LogP contribution is 2.17. The van der Waals surface area contributed by atoms with Crippen molar-refractivity contribution in [2.24, 2.45) is 0 Å². The molecule has 0 fully saturated rings. The van der Waals surface area contributed by atoms with Crippen molar-refractivity contribution >= 4 is 11.3 Å². The molecule has 2 heterocycles. The predicted octanol–water partition coefficient (Wildman–Crippen LogP) is 2.77. The maximum Gasteiger partial charge on any atom is 0.130 e. The van der Waals surface area contributed by atoms with Gasteiger partial charge < -0.3 is 9.20 Å². The lowest BCUT2D eigenvalue weighted by Gasteiger charge is -2.02. The number of nitrogens with zero attached hydrogens (tertiary/aromatic N) is 1. The Labute approximate surface area is 89.5 Å². The van der Waals surface area contributed by atoms with Crippen molar-refractivity contribution in [2.75, 3.05) is 0 Å². The molecule has 78 valence electrons. The van der Waals surface area contributed by atoms with E-state index in [0.29, 0.717) is 6.42 Å². The molecular weight excluding hydrogens is 186 g/mol. The van der Waals surface area contributed by atoms with Crippen LogP contribution in [0.2, 0.25) is 0 Å². The molecule has 0 saturated carbocycles. The zero-order chi connectivity index (χ0) is 10.8. The molecule has 0 aromatic carbocycles. The third-order valence-electron chi connectivity index (χ3n) is 2.72. The van der Waals surface area contributed by atoms with Crippen LogP contribution in [0.4, 0.5) is 0 Å². The summed E-state index contributed by atoms with van der Waals surface area (Å²) >= 11 is 0. The molecule has 0 aliphatic carbocycles. The molecule has 0 saturated heterocycles. The van der Waals surface area contributed by atoms with E-state index in [1.807, 2.05) is 12.1 Å². The minimum absolute atomic E-state index is 0.250. The quantitative estimate of drug-likeness (QED) is 0.748. The second kappa shape index (κ2) is 3.89. The van der Waals surface area contributed by atoms with Gasteiger partial charge in [-0.1, -0.05) is 6.07 Å². The van der Waals surface area contributed by atoms with Gasteiger partial charge in [0.25, 0.3) is 0 Å². The molecule has 2 nitrogen and oxygen atoms in total. The van der Waals surface area contributed by atoms with Gasteiger partial charge >= 0.3 is 0 Å². The van der Waals surface area contributed by atoms with Crippen molar-refractivity contribution < 1.29 is 4.79 Å². The van der Waals surface area contributed by atoms with Crippen LogP contribution in [0.25, 0.3) is 5.52 Å². The molecule has 2 aromatic heterocycles. The zero-order valence-corrected chi connectivity index (χ0v) is 9.16. The van der Waals surface area contributed by atoms with Crippen molar-refractivity contribution in [1.29, 1.82) is 0 Å². The summed E-state index contributed by atoms with van der Waals surface area (Å²) < 4.78 is 2.16. The fourth-order valence-corrected chi connectivity index (χ4v) is 1.93. The van der Waals surface area contributed by atoms with Gasteiger partial charge in [-0.15, -0.1) is 0 Å². The topological polar surface area (TPSA) is 21.5 Å². The van der Waals surface area contributed by atoms with E-state index in [4.69, 9.17) is 0 Å². The first-order valence-corrected chi connectivity index (χ1v) is 5.23. The fraction of sp³-hybridized carbons (Fsp3) is 0.308. The van der Waals surface area contributed by atoms with E-state index in [2.05, 4.69) is 29.7 Å². The second-order valence-electron chi connectivity index (χ2n) is 3.97. The zero-order valence-electron chi connectivity index (χ0n) is 9.16. The standard InChI is InChI=1S/C13H15NO/c1-10-9-12-5-3-4-8-14(12)13(10)7-6-11(2)15/h3-5,8-9H,6-7H2,1-2H3.